The second-order valence-corrected chi connectivity index (χ2v) is 9.71. The lowest BCUT2D eigenvalue weighted by Gasteiger charge is -2.14. The van der Waals surface area contributed by atoms with E-state index in [1.54, 1.807) is 48.0 Å². The van der Waals surface area contributed by atoms with Crippen molar-refractivity contribution in [3.8, 4) is 11.1 Å². The van der Waals surface area contributed by atoms with Gasteiger partial charge < -0.3 is 4.57 Å². The van der Waals surface area contributed by atoms with Crippen molar-refractivity contribution in [2.75, 3.05) is 0 Å². The molecule has 182 valence electrons. The summed E-state index contributed by atoms with van der Waals surface area (Å²) < 4.78 is 1.60. The predicted molar refractivity (Wildman–Crippen MR) is 152 cm³/mol. The van der Waals surface area contributed by atoms with E-state index in [0.29, 0.717) is 21.3 Å². The average molecular weight is 525 g/mol. The number of hydrogen-bond donors (Lipinski definition) is 0. The van der Waals surface area contributed by atoms with E-state index in [-0.39, 0.29) is 11.5 Å². The number of aliphatic imine (C=N–C) groups is 1. The quantitative estimate of drug-likeness (QED) is 0.228. The van der Waals surface area contributed by atoms with Gasteiger partial charge in [0.2, 0.25) is 0 Å². The zero-order valence-electron chi connectivity index (χ0n) is 20.2. The van der Waals surface area contributed by atoms with E-state index < -0.39 is 0 Å². The first-order chi connectivity index (χ1) is 17.8. The van der Waals surface area contributed by atoms with Crippen molar-refractivity contribution in [1.29, 1.82) is 0 Å². The lowest BCUT2D eigenvalue weighted by molar-refractivity contribution is 0.100. The van der Waals surface area contributed by atoms with Crippen molar-refractivity contribution in [2.24, 2.45) is 12.0 Å². The minimum atomic E-state index is -0.347. The Morgan fingerprint density at radius 2 is 1.43 bits per heavy atom. The third-order valence-corrected chi connectivity index (χ3v) is 6.77. The standard InChI is InChI=1S/C31H22Cl2N2O2/c1-19-6-8-21(9-7-19)31(37)34-30(20-10-13-24(32)14-11-20)23-12-15-28-27(17-23)26(18-29(36)35(28)2)22-4-3-5-25(33)16-22/h3-18H,1-2H3. The fraction of sp³-hybridized carbons (Fsp3) is 0.0645. The monoisotopic (exact) mass is 524 g/mol. The zero-order valence-corrected chi connectivity index (χ0v) is 21.7. The van der Waals surface area contributed by atoms with Gasteiger partial charge in [-0.3, -0.25) is 9.59 Å². The smallest absolute Gasteiger partial charge is 0.277 e. The van der Waals surface area contributed by atoms with Crippen molar-refractivity contribution < 1.29 is 4.79 Å². The number of aromatic nitrogens is 1. The van der Waals surface area contributed by atoms with Gasteiger partial charge in [0.05, 0.1) is 11.2 Å². The lowest BCUT2D eigenvalue weighted by Crippen LogP contribution is -2.17. The molecule has 4 nitrogen and oxygen atoms in total. The van der Waals surface area contributed by atoms with Crippen molar-refractivity contribution in [3.05, 3.63) is 140 Å². The molecule has 0 radical (unpaired) electrons. The number of carbonyl (C=O) groups is 1. The van der Waals surface area contributed by atoms with E-state index >= 15 is 0 Å². The molecular formula is C31H22Cl2N2O2. The summed E-state index contributed by atoms with van der Waals surface area (Å²) in [5.74, 6) is -0.347. The first kappa shape index (κ1) is 24.7. The van der Waals surface area contributed by atoms with Crippen LogP contribution in [0.3, 0.4) is 0 Å². The van der Waals surface area contributed by atoms with Gasteiger partial charge in [-0.2, -0.15) is 0 Å². The third-order valence-electron chi connectivity index (χ3n) is 6.29. The van der Waals surface area contributed by atoms with Crippen LogP contribution in [0.15, 0.2) is 107 Å². The number of aryl methyl sites for hydroxylation is 2. The maximum absolute atomic E-state index is 13.2. The maximum atomic E-state index is 13.2. The van der Waals surface area contributed by atoms with Gasteiger partial charge in [-0.1, -0.05) is 71.2 Å². The minimum absolute atomic E-state index is 0.128. The summed E-state index contributed by atoms with van der Waals surface area (Å²) in [6.45, 7) is 1.97. The van der Waals surface area contributed by atoms with Crippen LogP contribution in [0, 0.1) is 6.92 Å². The van der Waals surface area contributed by atoms with Crippen molar-refractivity contribution in [2.45, 2.75) is 6.92 Å². The Kier molecular flexibility index (Phi) is 6.79. The number of halogens is 2. The molecule has 37 heavy (non-hydrogen) atoms. The Balaban J connectivity index is 1.74. The molecule has 4 aromatic carbocycles. The molecule has 0 spiro atoms. The van der Waals surface area contributed by atoms with Gasteiger partial charge in [0, 0.05) is 45.2 Å². The van der Waals surface area contributed by atoms with E-state index in [9.17, 15) is 9.59 Å². The van der Waals surface area contributed by atoms with Crippen LogP contribution in [-0.4, -0.2) is 16.2 Å². The van der Waals surface area contributed by atoms with Gasteiger partial charge in [-0.25, -0.2) is 4.99 Å². The number of pyridine rings is 1. The van der Waals surface area contributed by atoms with E-state index in [0.717, 1.165) is 38.7 Å². The van der Waals surface area contributed by atoms with Crippen LogP contribution in [0.5, 0.6) is 0 Å². The summed E-state index contributed by atoms with van der Waals surface area (Å²) in [5, 5.41) is 2.01. The molecule has 5 aromatic rings. The third kappa shape index (κ3) is 5.12. The second kappa shape index (κ2) is 10.2. The highest BCUT2D eigenvalue weighted by Gasteiger charge is 2.15. The first-order valence-electron chi connectivity index (χ1n) is 11.7. The number of fused-ring (bicyclic) bond motifs is 1. The SMILES string of the molecule is Cc1ccc(C(=O)N=C(c2ccc(Cl)cc2)c2ccc3c(c2)c(-c2cccc(Cl)c2)cc(=O)n3C)cc1. The molecular weight excluding hydrogens is 503 g/mol. The van der Waals surface area contributed by atoms with Crippen molar-refractivity contribution >= 4 is 45.7 Å². The van der Waals surface area contributed by atoms with Gasteiger partial charge in [0.15, 0.2) is 0 Å². The Labute approximate surface area is 224 Å². The Morgan fingerprint density at radius 1 is 0.757 bits per heavy atom. The molecule has 0 atom stereocenters. The molecule has 0 fully saturated rings. The van der Waals surface area contributed by atoms with Gasteiger partial charge in [-0.15, -0.1) is 0 Å². The van der Waals surface area contributed by atoms with Crippen molar-refractivity contribution in [3.63, 3.8) is 0 Å². The Morgan fingerprint density at radius 3 is 2.14 bits per heavy atom. The molecule has 1 heterocycles. The molecule has 0 saturated carbocycles. The van der Waals surface area contributed by atoms with E-state index in [2.05, 4.69) is 4.99 Å². The molecule has 6 heteroatoms. The minimum Gasteiger partial charge on any atom is -0.311 e. The van der Waals surface area contributed by atoms with Crippen LogP contribution >= 0.6 is 23.2 Å². The molecule has 1 amide bonds. The predicted octanol–water partition coefficient (Wildman–Crippen LogP) is 7.50. The molecule has 0 N–H and O–H groups in total. The first-order valence-corrected chi connectivity index (χ1v) is 12.4. The molecule has 0 bridgehead atoms. The molecule has 0 aliphatic carbocycles. The zero-order chi connectivity index (χ0) is 26.1. The highest BCUT2D eigenvalue weighted by Crippen LogP contribution is 2.30. The number of benzene rings is 4. The van der Waals surface area contributed by atoms with Crippen molar-refractivity contribution in [1.82, 2.24) is 4.57 Å². The average Bonchev–Trinajstić information content (AvgIpc) is 2.90. The summed E-state index contributed by atoms with van der Waals surface area (Å²) >= 11 is 12.4. The summed E-state index contributed by atoms with van der Waals surface area (Å²) in [7, 11) is 1.74. The van der Waals surface area contributed by atoms with Crippen LogP contribution in [0.4, 0.5) is 0 Å². The largest absolute Gasteiger partial charge is 0.311 e. The summed E-state index contributed by atoms with van der Waals surface area (Å²) in [5.41, 5.74) is 5.76. The number of carbonyl (C=O) groups excluding carboxylic acids is 1. The Hall–Kier alpha value is -3.99. The molecule has 0 aliphatic heterocycles. The lowest BCUT2D eigenvalue weighted by atomic mass is 9.96. The van der Waals surface area contributed by atoms with Gasteiger partial charge in [0.25, 0.3) is 11.5 Å². The van der Waals surface area contributed by atoms with Gasteiger partial charge >= 0.3 is 0 Å². The summed E-state index contributed by atoms with van der Waals surface area (Å²) in [6.07, 6.45) is 0. The fourth-order valence-electron chi connectivity index (χ4n) is 4.27. The summed E-state index contributed by atoms with van der Waals surface area (Å²) in [4.78, 5) is 30.5. The highest BCUT2D eigenvalue weighted by atomic mass is 35.5. The Bertz CT molecular complexity index is 1740. The van der Waals surface area contributed by atoms with Crippen LogP contribution in [0.1, 0.15) is 27.0 Å². The van der Waals surface area contributed by atoms with Gasteiger partial charge in [0.1, 0.15) is 0 Å². The van der Waals surface area contributed by atoms with Crippen LogP contribution in [-0.2, 0) is 7.05 Å². The normalized spacial score (nSPS) is 11.6. The van der Waals surface area contributed by atoms with Gasteiger partial charge in [-0.05, 0) is 66.6 Å². The number of nitrogens with zero attached hydrogens (tertiary/aromatic N) is 2. The van der Waals surface area contributed by atoms with E-state index in [4.69, 9.17) is 23.2 Å². The van der Waals surface area contributed by atoms with E-state index in [1.807, 2.05) is 67.6 Å². The molecule has 5 rings (SSSR count). The number of amides is 1. The number of hydrogen-bond acceptors (Lipinski definition) is 2. The molecule has 0 aliphatic rings. The maximum Gasteiger partial charge on any atom is 0.277 e. The van der Waals surface area contributed by atoms with Crippen LogP contribution in [0.2, 0.25) is 10.0 Å². The number of rotatable bonds is 4. The van der Waals surface area contributed by atoms with Crippen LogP contribution in [0.25, 0.3) is 22.0 Å². The molecule has 1 aromatic heterocycles. The second-order valence-electron chi connectivity index (χ2n) is 8.84. The van der Waals surface area contributed by atoms with E-state index in [1.165, 1.54) is 0 Å². The van der Waals surface area contributed by atoms with Crippen LogP contribution < -0.4 is 5.56 Å². The summed E-state index contributed by atoms with van der Waals surface area (Å²) in [6, 6.07) is 29.2. The molecule has 0 unspecified atom stereocenters. The topological polar surface area (TPSA) is 51.4 Å². The fourth-order valence-corrected chi connectivity index (χ4v) is 4.59. The highest BCUT2D eigenvalue weighted by molar-refractivity contribution is 6.31. The molecule has 0 saturated heterocycles.